The van der Waals surface area contributed by atoms with E-state index in [1.54, 1.807) is 29.9 Å². The number of ether oxygens (including phenoxy) is 2. The Labute approximate surface area is 197 Å². The molecule has 1 aliphatic heterocycles. The van der Waals surface area contributed by atoms with E-state index >= 15 is 0 Å². The van der Waals surface area contributed by atoms with Crippen LogP contribution in [0.5, 0.6) is 0 Å². The van der Waals surface area contributed by atoms with Crippen LogP contribution >= 0.6 is 11.8 Å². The van der Waals surface area contributed by atoms with E-state index in [2.05, 4.69) is 36.5 Å². The van der Waals surface area contributed by atoms with Crippen LogP contribution in [0, 0.1) is 6.92 Å². The van der Waals surface area contributed by atoms with Crippen LogP contribution in [0.2, 0.25) is 0 Å². The topological polar surface area (TPSA) is 82.5 Å². The molecule has 1 amide bonds. The van der Waals surface area contributed by atoms with Crippen molar-refractivity contribution in [2.45, 2.75) is 43.3 Å². The van der Waals surface area contributed by atoms with Gasteiger partial charge in [0.1, 0.15) is 0 Å². The van der Waals surface area contributed by atoms with Crippen LogP contribution < -0.4 is 10.9 Å². The van der Waals surface area contributed by atoms with Gasteiger partial charge >= 0.3 is 0 Å². The number of methoxy groups -OCH3 is 1. The van der Waals surface area contributed by atoms with Gasteiger partial charge in [-0.3, -0.25) is 14.2 Å². The van der Waals surface area contributed by atoms with Crippen molar-refractivity contribution in [1.29, 1.82) is 0 Å². The number of carbonyl (C=O) groups is 1. The quantitative estimate of drug-likeness (QED) is 0.294. The average Bonchev–Trinajstić information content (AvgIpc) is 3.34. The molecule has 4 rings (SSSR count). The Kier molecular flexibility index (Phi) is 7.80. The Morgan fingerprint density at radius 2 is 2.09 bits per heavy atom. The highest BCUT2D eigenvalue weighted by molar-refractivity contribution is 7.98. The number of nitrogens with one attached hydrogen (secondary N) is 1. The van der Waals surface area contributed by atoms with Crippen molar-refractivity contribution in [3.63, 3.8) is 0 Å². The minimum atomic E-state index is -0.215. The van der Waals surface area contributed by atoms with Gasteiger partial charge in [0.2, 0.25) is 0 Å². The zero-order chi connectivity index (χ0) is 23.2. The number of benzene rings is 2. The van der Waals surface area contributed by atoms with Crippen LogP contribution in [0.25, 0.3) is 10.9 Å². The standard InChI is InChI=1S/C25H29N3O4S/c1-17-5-7-18(8-6-17)16-33-25-27-22-14-19(23(29)26-11-13-31-2)9-10-21(22)24(30)28(25)15-20-4-3-12-32-20/h5-10,14,20H,3-4,11-13,15-16H2,1-2H3,(H,26,29). The Balaban J connectivity index is 1.66. The highest BCUT2D eigenvalue weighted by Crippen LogP contribution is 2.24. The second-order valence-corrected chi connectivity index (χ2v) is 9.14. The van der Waals surface area contributed by atoms with E-state index in [9.17, 15) is 9.59 Å². The molecule has 0 saturated carbocycles. The molecule has 0 aliphatic carbocycles. The van der Waals surface area contributed by atoms with Gasteiger partial charge in [-0.25, -0.2) is 4.98 Å². The van der Waals surface area contributed by atoms with Crippen LogP contribution in [-0.4, -0.2) is 48.4 Å². The fraction of sp³-hybridized carbons (Fsp3) is 0.400. The summed E-state index contributed by atoms with van der Waals surface area (Å²) >= 11 is 1.53. The molecular weight excluding hydrogens is 438 g/mol. The van der Waals surface area contributed by atoms with Gasteiger partial charge in [-0.15, -0.1) is 0 Å². The molecule has 1 saturated heterocycles. The first-order valence-electron chi connectivity index (χ1n) is 11.2. The van der Waals surface area contributed by atoms with Crippen LogP contribution in [0.4, 0.5) is 0 Å². The van der Waals surface area contributed by atoms with Crippen molar-refractivity contribution >= 4 is 28.6 Å². The summed E-state index contributed by atoms with van der Waals surface area (Å²) in [7, 11) is 1.59. The molecule has 1 aliphatic rings. The lowest BCUT2D eigenvalue weighted by molar-refractivity contribution is 0.0935. The Bertz CT molecular complexity index is 1170. The van der Waals surface area contributed by atoms with Crippen molar-refractivity contribution in [1.82, 2.24) is 14.9 Å². The largest absolute Gasteiger partial charge is 0.383 e. The molecule has 0 spiro atoms. The maximum absolute atomic E-state index is 13.4. The molecule has 2 heterocycles. The van der Waals surface area contributed by atoms with Crippen molar-refractivity contribution < 1.29 is 14.3 Å². The number of nitrogens with zero attached hydrogens (tertiary/aromatic N) is 2. The molecule has 33 heavy (non-hydrogen) atoms. The van der Waals surface area contributed by atoms with E-state index in [1.165, 1.54) is 17.3 Å². The molecule has 0 bridgehead atoms. The highest BCUT2D eigenvalue weighted by atomic mass is 32.2. The van der Waals surface area contributed by atoms with Crippen molar-refractivity contribution in [2.24, 2.45) is 0 Å². The molecule has 1 fully saturated rings. The highest BCUT2D eigenvalue weighted by Gasteiger charge is 2.21. The zero-order valence-corrected chi connectivity index (χ0v) is 19.8. The molecule has 0 radical (unpaired) electrons. The minimum absolute atomic E-state index is 0.0199. The number of thioether (sulfide) groups is 1. The monoisotopic (exact) mass is 467 g/mol. The molecule has 1 atom stereocenters. The van der Waals surface area contributed by atoms with Gasteiger partial charge in [0, 0.05) is 31.6 Å². The molecule has 3 aromatic rings. The first kappa shape index (κ1) is 23.5. The molecule has 1 unspecified atom stereocenters. The van der Waals surface area contributed by atoms with Crippen LogP contribution in [0.3, 0.4) is 0 Å². The fourth-order valence-electron chi connectivity index (χ4n) is 3.81. The predicted octanol–water partition coefficient (Wildman–Crippen LogP) is 3.55. The van der Waals surface area contributed by atoms with Gasteiger partial charge in [-0.2, -0.15) is 0 Å². The lowest BCUT2D eigenvalue weighted by Crippen LogP contribution is -2.29. The smallest absolute Gasteiger partial charge is 0.262 e. The van der Waals surface area contributed by atoms with E-state index in [-0.39, 0.29) is 17.6 Å². The summed E-state index contributed by atoms with van der Waals surface area (Å²) in [4.78, 5) is 30.7. The van der Waals surface area contributed by atoms with E-state index in [0.29, 0.717) is 47.1 Å². The molecule has 7 nitrogen and oxygen atoms in total. The average molecular weight is 468 g/mol. The van der Waals surface area contributed by atoms with Crippen molar-refractivity contribution in [2.75, 3.05) is 26.9 Å². The number of rotatable bonds is 9. The molecule has 1 N–H and O–H groups in total. The third-order valence-electron chi connectivity index (χ3n) is 5.67. The maximum atomic E-state index is 13.4. The van der Waals surface area contributed by atoms with Gasteiger partial charge in [0.15, 0.2) is 5.16 Å². The van der Waals surface area contributed by atoms with E-state index in [0.717, 1.165) is 25.0 Å². The van der Waals surface area contributed by atoms with E-state index < -0.39 is 0 Å². The summed E-state index contributed by atoms with van der Waals surface area (Å²) in [6, 6.07) is 13.4. The summed E-state index contributed by atoms with van der Waals surface area (Å²) < 4.78 is 12.5. The third kappa shape index (κ3) is 5.82. The fourth-order valence-corrected chi connectivity index (χ4v) is 4.77. The molecular formula is C25H29N3O4S. The summed E-state index contributed by atoms with van der Waals surface area (Å²) in [6.07, 6.45) is 1.97. The Morgan fingerprint density at radius 3 is 2.82 bits per heavy atom. The van der Waals surface area contributed by atoms with Gasteiger partial charge in [0.25, 0.3) is 11.5 Å². The Hall–Kier alpha value is -2.68. The van der Waals surface area contributed by atoms with Gasteiger partial charge in [-0.1, -0.05) is 41.6 Å². The van der Waals surface area contributed by atoms with Gasteiger partial charge < -0.3 is 14.8 Å². The SMILES string of the molecule is COCCNC(=O)c1ccc2c(=O)n(CC3CCCO3)c(SCc3ccc(C)cc3)nc2c1. The van der Waals surface area contributed by atoms with Gasteiger partial charge in [-0.05, 0) is 43.5 Å². The number of aryl methyl sites for hydroxylation is 1. The normalized spacial score (nSPS) is 15.8. The second-order valence-electron chi connectivity index (χ2n) is 8.20. The Morgan fingerprint density at radius 1 is 1.27 bits per heavy atom. The van der Waals surface area contributed by atoms with E-state index in [1.807, 2.05) is 0 Å². The van der Waals surface area contributed by atoms with Crippen molar-refractivity contribution in [3.8, 4) is 0 Å². The number of hydrogen-bond donors (Lipinski definition) is 1. The van der Waals surface area contributed by atoms with E-state index in [4.69, 9.17) is 14.5 Å². The maximum Gasteiger partial charge on any atom is 0.262 e. The first-order chi connectivity index (χ1) is 16.0. The molecule has 1 aromatic heterocycles. The van der Waals surface area contributed by atoms with Crippen LogP contribution in [0.15, 0.2) is 52.4 Å². The number of fused-ring (bicyclic) bond motifs is 1. The number of hydrogen-bond acceptors (Lipinski definition) is 6. The summed E-state index contributed by atoms with van der Waals surface area (Å²) in [5.74, 6) is 0.481. The van der Waals surface area contributed by atoms with Gasteiger partial charge in [0.05, 0.1) is 30.2 Å². The number of carbonyl (C=O) groups excluding carboxylic acids is 1. The molecule has 174 valence electrons. The third-order valence-corrected chi connectivity index (χ3v) is 6.72. The lowest BCUT2D eigenvalue weighted by atomic mass is 10.1. The first-order valence-corrected chi connectivity index (χ1v) is 12.2. The lowest BCUT2D eigenvalue weighted by Gasteiger charge is -2.17. The summed E-state index contributed by atoms with van der Waals surface area (Å²) in [6.45, 7) is 4.13. The zero-order valence-electron chi connectivity index (χ0n) is 19.0. The summed E-state index contributed by atoms with van der Waals surface area (Å²) in [5, 5.41) is 3.95. The summed E-state index contributed by atoms with van der Waals surface area (Å²) in [5.41, 5.74) is 3.26. The predicted molar refractivity (Wildman–Crippen MR) is 130 cm³/mol. The van der Waals surface area contributed by atoms with Crippen LogP contribution in [-0.2, 0) is 21.8 Å². The minimum Gasteiger partial charge on any atom is -0.383 e. The molecule has 2 aromatic carbocycles. The number of aromatic nitrogens is 2. The van der Waals surface area contributed by atoms with Crippen LogP contribution in [0.1, 0.15) is 34.3 Å². The second kappa shape index (κ2) is 11.0. The molecule has 8 heteroatoms. The number of amides is 1. The van der Waals surface area contributed by atoms with Crippen molar-refractivity contribution in [3.05, 3.63) is 69.5 Å².